The highest BCUT2D eigenvalue weighted by molar-refractivity contribution is 7.92. The van der Waals surface area contributed by atoms with Gasteiger partial charge in [-0.25, -0.2) is 8.42 Å². The highest BCUT2D eigenvalue weighted by Gasteiger charge is 2.16. The summed E-state index contributed by atoms with van der Waals surface area (Å²) in [6, 6.07) is 15.9. The highest BCUT2D eigenvalue weighted by Crippen LogP contribution is 2.18. The first kappa shape index (κ1) is 16.0. The molecular weight excluding hydrogens is 300 g/mol. The zero-order valence-electron chi connectivity index (χ0n) is 12.4. The van der Waals surface area contributed by atoms with Crippen LogP contribution in [0.2, 0.25) is 0 Å². The van der Waals surface area contributed by atoms with E-state index in [9.17, 15) is 13.2 Å². The van der Waals surface area contributed by atoms with Gasteiger partial charge in [0.2, 0.25) is 10.0 Å². The summed E-state index contributed by atoms with van der Waals surface area (Å²) in [7, 11) is -3.44. The van der Waals surface area contributed by atoms with Crippen LogP contribution < -0.4 is 10.0 Å². The molecule has 0 aromatic heterocycles. The number of nitrogens with one attached hydrogen (secondary N) is 2. The molecule has 2 rings (SSSR count). The predicted octanol–water partition coefficient (Wildman–Crippen LogP) is 2.55. The van der Waals surface area contributed by atoms with Crippen LogP contribution >= 0.6 is 0 Å². The third-order valence-corrected chi connectivity index (χ3v) is 3.70. The lowest BCUT2D eigenvalue weighted by Gasteiger charge is -2.16. The quantitative estimate of drug-likeness (QED) is 0.889. The van der Waals surface area contributed by atoms with Gasteiger partial charge in [0.1, 0.15) is 0 Å². The second-order valence-corrected chi connectivity index (χ2v) is 6.77. The number of hydrogen-bond donors (Lipinski definition) is 2. The Kier molecular flexibility index (Phi) is 4.82. The Bertz CT molecular complexity index is 758. The van der Waals surface area contributed by atoms with Crippen molar-refractivity contribution in [3.63, 3.8) is 0 Å². The van der Waals surface area contributed by atoms with Gasteiger partial charge in [-0.2, -0.15) is 0 Å². The minimum atomic E-state index is -3.44. The summed E-state index contributed by atoms with van der Waals surface area (Å²) >= 11 is 0. The molecule has 0 heterocycles. The van der Waals surface area contributed by atoms with Gasteiger partial charge >= 0.3 is 0 Å². The molecule has 0 fully saturated rings. The smallest absolute Gasteiger partial charge is 0.253 e. The fourth-order valence-electron chi connectivity index (χ4n) is 2.07. The van der Waals surface area contributed by atoms with Gasteiger partial charge in [0.05, 0.1) is 23.5 Å². The molecule has 1 amide bonds. The zero-order valence-corrected chi connectivity index (χ0v) is 13.2. The van der Waals surface area contributed by atoms with E-state index < -0.39 is 10.0 Å². The van der Waals surface area contributed by atoms with Crippen LogP contribution in [-0.2, 0) is 10.0 Å². The van der Waals surface area contributed by atoms with Crippen LogP contribution in [0.5, 0.6) is 0 Å². The second kappa shape index (κ2) is 6.62. The molecule has 2 aromatic carbocycles. The summed E-state index contributed by atoms with van der Waals surface area (Å²) in [6.07, 6.45) is 1.05. The van der Waals surface area contributed by atoms with Crippen molar-refractivity contribution >= 4 is 21.6 Å². The van der Waals surface area contributed by atoms with E-state index >= 15 is 0 Å². The van der Waals surface area contributed by atoms with Gasteiger partial charge < -0.3 is 5.32 Å². The van der Waals surface area contributed by atoms with Crippen LogP contribution in [0.3, 0.4) is 0 Å². The molecule has 0 saturated carbocycles. The van der Waals surface area contributed by atoms with Gasteiger partial charge in [-0.15, -0.1) is 0 Å². The fourth-order valence-corrected chi connectivity index (χ4v) is 2.65. The molecule has 0 aliphatic carbocycles. The van der Waals surface area contributed by atoms with Crippen molar-refractivity contribution in [2.75, 3.05) is 11.0 Å². The number of anilines is 1. The van der Waals surface area contributed by atoms with Crippen LogP contribution in [0.1, 0.15) is 28.9 Å². The average Bonchev–Trinajstić information content (AvgIpc) is 2.47. The summed E-state index contributed by atoms with van der Waals surface area (Å²) in [5.74, 6) is -0.330. The van der Waals surface area contributed by atoms with E-state index in [0.717, 1.165) is 11.8 Å². The van der Waals surface area contributed by atoms with Gasteiger partial charge in [-0.05, 0) is 24.6 Å². The van der Waals surface area contributed by atoms with E-state index in [1.807, 2.05) is 37.3 Å². The summed E-state index contributed by atoms with van der Waals surface area (Å²) in [5, 5.41) is 2.86. The molecule has 0 aliphatic rings. The molecule has 2 N–H and O–H groups in total. The van der Waals surface area contributed by atoms with Crippen LogP contribution in [-0.4, -0.2) is 20.6 Å². The van der Waals surface area contributed by atoms with Gasteiger partial charge in [0.25, 0.3) is 5.91 Å². The van der Waals surface area contributed by atoms with E-state index in [2.05, 4.69) is 10.0 Å². The van der Waals surface area contributed by atoms with Crippen molar-refractivity contribution in [2.45, 2.75) is 13.0 Å². The molecular formula is C16H18N2O3S. The van der Waals surface area contributed by atoms with Crippen LogP contribution in [0.15, 0.2) is 54.6 Å². The van der Waals surface area contributed by atoms with Crippen molar-refractivity contribution < 1.29 is 13.2 Å². The third-order valence-electron chi connectivity index (χ3n) is 3.11. The van der Waals surface area contributed by atoms with Gasteiger partial charge in [0.15, 0.2) is 0 Å². The van der Waals surface area contributed by atoms with E-state index in [1.54, 1.807) is 24.3 Å². The molecule has 0 aliphatic heterocycles. The summed E-state index contributed by atoms with van der Waals surface area (Å²) in [6.45, 7) is 1.87. The van der Waals surface area contributed by atoms with Crippen molar-refractivity contribution in [1.29, 1.82) is 0 Å². The number of carbonyl (C=O) groups is 1. The molecule has 0 radical (unpaired) electrons. The monoisotopic (exact) mass is 318 g/mol. The molecule has 2 aromatic rings. The van der Waals surface area contributed by atoms with Crippen molar-refractivity contribution in [3.8, 4) is 0 Å². The van der Waals surface area contributed by atoms with E-state index in [0.29, 0.717) is 0 Å². The second-order valence-electron chi connectivity index (χ2n) is 5.03. The van der Waals surface area contributed by atoms with E-state index in [1.165, 1.54) is 0 Å². The summed E-state index contributed by atoms with van der Waals surface area (Å²) < 4.78 is 25.1. The Morgan fingerprint density at radius 2 is 1.59 bits per heavy atom. The maximum atomic E-state index is 12.4. The Balaban J connectivity index is 2.20. The van der Waals surface area contributed by atoms with Crippen molar-refractivity contribution in [2.24, 2.45) is 0 Å². The number of amides is 1. The molecule has 6 heteroatoms. The molecule has 22 heavy (non-hydrogen) atoms. The number of hydrogen-bond acceptors (Lipinski definition) is 3. The Hall–Kier alpha value is -2.34. The maximum absolute atomic E-state index is 12.4. The first-order valence-electron chi connectivity index (χ1n) is 6.79. The normalized spacial score (nSPS) is 12.5. The lowest BCUT2D eigenvalue weighted by molar-refractivity contribution is 0.0941. The van der Waals surface area contributed by atoms with Gasteiger partial charge in [0, 0.05) is 0 Å². The van der Waals surface area contributed by atoms with Crippen LogP contribution in [0.25, 0.3) is 0 Å². The van der Waals surface area contributed by atoms with Gasteiger partial charge in [-0.1, -0.05) is 42.5 Å². The van der Waals surface area contributed by atoms with Crippen LogP contribution in [0.4, 0.5) is 5.69 Å². The summed E-state index contributed by atoms with van der Waals surface area (Å²) in [5.41, 5.74) is 1.53. The molecule has 0 saturated heterocycles. The van der Waals surface area contributed by atoms with Gasteiger partial charge in [-0.3, -0.25) is 9.52 Å². The largest absolute Gasteiger partial charge is 0.345 e. The minimum absolute atomic E-state index is 0.181. The number of rotatable bonds is 5. The Morgan fingerprint density at radius 1 is 1.00 bits per heavy atom. The number of carbonyl (C=O) groups excluding carboxylic acids is 1. The molecule has 1 atom stereocenters. The average molecular weight is 318 g/mol. The molecule has 116 valence electrons. The first-order valence-corrected chi connectivity index (χ1v) is 8.68. The van der Waals surface area contributed by atoms with Crippen molar-refractivity contribution in [3.05, 3.63) is 65.7 Å². The highest BCUT2D eigenvalue weighted by atomic mass is 32.2. The predicted molar refractivity (Wildman–Crippen MR) is 87.2 cm³/mol. The maximum Gasteiger partial charge on any atom is 0.253 e. The number of benzene rings is 2. The Morgan fingerprint density at radius 3 is 2.23 bits per heavy atom. The lowest BCUT2D eigenvalue weighted by Crippen LogP contribution is -2.27. The standard InChI is InChI=1S/C16H18N2O3S/c1-12(13-8-4-3-5-9-13)17-16(19)14-10-6-7-11-15(14)18-22(2,20)21/h3-12,18H,1-2H3,(H,17,19)/t12-/m0/s1. The molecule has 0 bridgehead atoms. The SMILES string of the molecule is C[C@H](NC(=O)c1ccccc1NS(C)(=O)=O)c1ccccc1. The van der Waals surface area contributed by atoms with Crippen LogP contribution in [0, 0.1) is 0 Å². The Labute approximate surface area is 130 Å². The third kappa shape index (κ3) is 4.33. The lowest BCUT2D eigenvalue weighted by atomic mass is 10.1. The molecule has 0 spiro atoms. The first-order chi connectivity index (χ1) is 10.4. The van der Waals surface area contributed by atoms with Crippen molar-refractivity contribution in [1.82, 2.24) is 5.32 Å². The van der Waals surface area contributed by atoms with E-state index in [4.69, 9.17) is 0 Å². The number of para-hydroxylation sites is 1. The molecule has 0 unspecified atom stereocenters. The number of sulfonamides is 1. The summed E-state index contributed by atoms with van der Waals surface area (Å²) in [4.78, 5) is 12.4. The minimum Gasteiger partial charge on any atom is -0.345 e. The zero-order chi connectivity index (χ0) is 16.2. The fraction of sp³-hybridized carbons (Fsp3) is 0.188. The topological polar surface area (TPSA) is 75.3 Å². The molecule has 5 nitrogen and oxygen atoms in total. The van der Waals surface area contributed by atoms with E-state index in [-0.39, 0.29) is 23.2 Å².